The third-order valence-electron chi connectivity index (χ3n) is 1.30. The van der Waals surface area contributed by atoms with Gasteiger partial charge >= 0.3 is 0 Å². The first kappa shape index (κ1) is 7.60. The molecule has 58 valence electrons. The summed E-state index contributed by atoms with van der Waals surface area (Å²) in [6.07, 6.45) is 0.629. The normalized spacial score (nSPS) is 9.09. The van der Waals surface area contributed by atoms with Crippen LogP contribution in [0.2, 0.25) is 0 Å². The summed E-state index contributed by atoms with van der Waals surface area (Å²) in [4.78, 5) is 9.89. The summed E-state index contributed by atoms with van der Waals surface area (Å²) >= 11 is 0. The topological polar surface area (TPSA) is 49.3 Å². The summed E-state index contributed by atoms with van der Waals surface area (Å²) in [6, 6.07) is 6.76. The van der Waals surface area contributed by atoms with Crippen LogP contribution < -0.4 is 5.32 Å². The molecule has 1 aromatic carbocycles. The summed E-state index contributed by atoms with van der Waals surface area (Å²) in [7, 11) is 0. The van der Waals surface area contributed by atoms with Gasteiger partial charge in [0.2, 0.25) is 6.41 Å². The highest BCUT2D eigenvalue weighted by Gasteiger charge is 1.91. The summed E-state index contributed by atoms with van der Waals surface area (Å²) in [5, 5.41) is 11.5. The van der Waals surface area contributed by atoms with Crippen molar-refractivity contribution in [1.29, 1.82) is 0 Å². The first-order chi connectivity index (χ1) is 5.33. The number of aromatic hydroxyl groups is 1. The monoisotopic (exact) mass is 151 g/mol. The smallest absolute Gasteiger partial charge is 0.207 e. The van der Waals surface area contributed by atoms with E-state index in [1.54, 1.807) is 18.2 Å². The molecule has 0 saturated heterocycles. The summed E-state index contributed by atoms with van der Waals surface area (Å²) in [5.41, 5.74) is 0.886. The average molecular weight is 151 g/mol. The molecular weight excluding hydrogens is 142 g/mol. The molecule has 0 saturated carbocycles. The molecule has 0 aromatic heterocycles. The molecule has 0 radical (unpaired) electrons. The molecule has 0 unspecified atom stereocenters. The maximum Gasteiger partial charge on any atom is 0.207 e. The Morgan fingerprint density at radius 1 is 1.55 bits per heavy atom. The average Bonchev–Trinajstić information content (AvgIpc) is 2.01. The molecule has 11 heavy (non-hydrogen) atoms. The Morgan fingerprint density at radius 2 is 2.36 bits per heavy atom. The maximum absolute atomic E-state index is 9.89. The molecule has 0 heterocycles. The molecule has 0 spiro atoms. The van der Waals surface area contributed by atoms with E-state index in [0.717, 1.165) is 5.56 Å². The van der Waals surface area contributed by atoms with Crippen molar-refractivity contribution in [2.24, 2.45) is 0 Å². The molecule has 2 N–H and O–H groups in total. The molecule has 0 atom stereocenters. The SMILES string of the molecule is O=CNCc1cccc(O)c1. The second-order valence-corrected chi connectivity index (χ2v) is 2.17. The van der Waals surface area contributed by atoms with Crippen molar-refractivity contribution in [3.63, 3.8) is 0 Å². The number of carbonyl (C=O) groups excluding carboxylic acids is 1. The van der Waals surface area contributed by atoms with Gasteiger partial charge in [-0.2, -0.15) is 0 Å². The number of phenolic OH excluding ortho intramolecular Hbond substituents is 1. The lowest BCUT2D eigenvalue weighted by Gasteiger charge is -1.98. The van der Waals surface area contributed by atoms with E-state index in [-0.39, 0.29) is 5.75 Å². The lowest BCUT2D eigenvalue weighted by Crippen LogP contribution is -2.09. The number of phenols is 1. The number of benzene rings is 1. The van der Waals surface area contributed by atoms with Gasteiger partial charge in [-0.15, -0.1) is 0 Å². The number of rotatable bonds is 3. The van der Waals surface area contributed by atoms with Crippen LogP contribution in [0.15, 0.2) is 24.3 Å². The number of nitrogens with one attached hydrogen (secondary N) is 1. The fourth-order valence-corrected chi connectivity index (χ4v) is 0.826. The van der Waals surface area contributed by atoms with E-state index in [2.05, 4.69) is 5.32 Å². The van der Waals surface area contributed by atoms with E-state index in [1.165, 1.54) is 0 Å². The van der Waals surface area contributed by atoms with Gasteiger partial charge in [-0.1, -0.05) is 12.1 Å². The van der Waals surface area contributed by atoms with Crippen LogP contribution in [-0.4, -0.2) is 11.5 Å². The van der Waals surface area contributed by atoms with Gasteiger partial charge in [-0.3, -0.25) is 4.79 Å². The number of hydrogen-bond acceptors (Lipinski definition) is 2. The van der Waals surface area contributed by atoms with Gasteiger partial charge in [0, 0.05) is 6.54 Å². The highest BCUT2D eigenvalue weighted by molar-refractivity contribution is 5.46. The molecule has 1 amide bonds. The third-order valence-corrected chi connectivity index (χ3v) is 1.30. The highest BCUT2D eigenvalue weighted by Crippen LogP contribution is 2.09. The molecule has 0 bridgehead atoms. The van der Waals surface area contributed by atoms with Crippen molar-refractivity contribution in [3.8, 4) is 5.75 Å². The number of hydrogen-bond donors (Lipinski definition) is 2. The van der Waals surface area contributed by atoms with Gasteiger partial charge in [-0.25, -0.2) is 0 Å². The van der Waals surface area contributed by atoms with E-state index in [4.69, 9.17) is 5.11 Å². The molecule has 0 aliphatic carbocycles. The predicted molar refractivity (Wildman–Crippen MR) is 41.0 cm³/mol. The zero-order chi connectivity index (χ0) is 8.10. The van der Waals surface area contributed by atoms with Gasteiger partial charge in [0.25, 0.3) is 0 Å². The van der Waals surface area contributed by atoms with Crippen molar-refractivity contribution in [1.82, 2.24) is 5.32 Å². The fraction of sp³-hybridized carbons (Fsp3) is 0.125. The molecular formula is C8H9NO2. The zero-order valence-electron chi connectivity index (χ0n) is 5.95. The van der Waals surface area contributed by atoms with Crippen molar-refractivity contribution < 1.29 is 9.90 Å². The summed E-state index contributed by atoms with van der Waals surface area (Å²) in [6.45, 7) is 0.456. The largest absolute Gasteiger partial charge is 0.508 e. The Labute approximate surface area is 64.7 Å². The molecule has 3 nitrogen and oxygen atoms in total. The minimum Gasteiger partial charge on any atom is -0.508 e. The van der Waals surface area contributed by atoms with Crippen LogP contribution >= 0.6 is 0 Å². The van der Waals surface area contributed by atoms with Crippen molar-refractivity contribution in [2.45, 2.75) is 6.54 Å². The Kier molecular flexibility index (Phi) is 2.49. The van der Waals surface area contributed by atoms with Crippen molar-refractivity contribution in [3.05, 3.63) is 29.8 Å². The third kappa shape index (κ3) is 2.29. The summed E-state index contributed by atoms with van der Waals surface area (Å²) < 4.78 is 0. The Morgan fingerprint density at radius 3 is 3.00 bits per heavy atom. The fourth-order valence-electron chi connectivity index (χ4n) is 0.826. The second kappa shape index (κ2) is 3.61. The maximum atomic E-state index is 9.89. The predicted octanol–water partition coefficient (Wildman–Crippen LogP) is 0.638. The van der Waals surface area contributed by atoms with Crippen LogP contribution in [0, 0.1) is 0 Å². The standard InChI is InChI=1S/C8H9NO2/c10-6-9-5-7-2-1-3-8(11)4-7/h1-4,6,11H,5H2,(H,9,10). The van der Waals surface area contributed by atoms with Gasteiger partial charge in [0.15, 0.2) is 0 Å². The van der Waals surface area contributed by atoms with Crippen molar-refractivity contribution in [2.75, 3.05) is 0 Å². The van der Waals surface area contributed by atoms with Crippen LogP contribution in [0.4, 0.5) is 0 Å². The molecule has 0 aliphatic heterocycles. The van der Waals surface area contributed by atoms with Crippen LogP contribution in [0.1, 0.15) is 5.56 Å². The highest BCUT2D eigenvalue weighted by atomic mass is 16.3. The lowest BCUT2D eigenvalue weighted by atomic mass is 10.2. The van der Waals surface area contributed by atoms with E-state index in [9.17, 15) is 4.79 Å². The zero-order valence-corrected chi connectivity index (χ0v) is 5.95. The Balaban J connectivity index is 2.63. The number of carbonyl (C=O) groups is 1. The quantitative estimate of drug-likeness (QED) is 0.623. The van der Waals surface area contributed by atoms with Crippen LogP contribution in [-0.2, 0) is 11.3 Å². The molecule has 1 rings (SSSR count). The second-order valence-electron chi connectivity index (χ2n) is 2.17. The molecule has 3 heteroatoms. The van der Waals surface area contributed by atoms with Gasteiger partial charge in [-0.05, 0) is 17.7 Å². The van der Waals surface area contributed by atoms with E-state index < -0.39 is 0 Å². The van der Waals surface area contributed by atoms with Gasteiger partial charge in [0.05, 0.1) is 0 Å². The van der Waals surface area contributed by atoms with Crippen LogP contribution in [0.25, 0.3) is 0 Å². The van der Waals surface area contributed by atoms with E-state index >= 15 is 0 Å². The van der Waals surface area contributed by atoms with E-state index in [1.807, 2.05) is 6.07 Å². The Bertz CT molecular complexity index is 248. The van der Waals surface area contributed by atoms with Gasteiger partial charge < -0.3 is 10.4 Å². The van der Waals surface area contributed by atoms with Crippen LogP contribution in [0.3, 0.4) is 0 Å². The minimum absolute atomic E-state index is 0.218. The van der Waals surface area contributed by atoms with Gasteiger partial charge in [0.1, 0.15) is 5.75 Å². The molecule has 0 aliphatic rings. The molecule has 1 aromatic rings. The first-order valence-corrected chi connectivity index (χ1v) is 3.28. The first-order valence-electron chi connectivity index (χ1n) is 3.28. The summed E-state index contributed by atoms with van der Waals surface area (Å²) in [5.74, 6) is 0.218. The number of amides is 1. The van der Waals surface area contributed by atoms with E-state index in [0.29, 0.717) is 13.0 Å². The van der Waals surface area contributed by atoms with Crippen LogP contribution in [0.5, 0.6) is 5.75 Å². The van der Waals surface area contributed by atoms with Crippen molar-refractivity contribution >= 4 is 6.41 Å². The Hall–Kier alpha value is -1.51. The lowest BCUT2D eigenvalue weighted by molar-refractivity contribution is -0.109. The molecule has 0 fully saturated rings. The minimum atomic E-state index is 0.218.